The van der Waals surface area contributed by atoms with Gasteiger partial charge in [-0.25, -0.2) is 4.39 Å². The van der Waals surface area contributed by atoms with Crippen molar-refractivity contribution in [2.75, 3.05) is 31.1 Å². The van der Waals surface area contributed by atoms with E-state index in [9.17, 15) is 14.3 Å². The van der Waals surface area contributed by atoms with E-state index in [1.807, 2.05) is 6.07 Å². The first kappa shape index (κ1) is 14.3. The van der Waals surface area contributed by atoms with Crippen molar-refractivity contribution < 1.29 is 14.3 Å². The number of hydrogen-bond donors (Lipinski definition) is 1. The molecule has 1 aliphatic heterocycles. The second-order valence-corrected chi connectivity index (χ2v) is 5.92. The van der Waals surface area contributed by atoms with E-state index in [0.29, 0.717) is 5.69 Å². The normalized spacial score (nSPS) is 27.0. The van der Waals surface area contributed by atoms with Crippen molar-refractivity contribution in [1.82, 2.24) is 4.90 Å². The van der Waals surface area contributed by atoms with Crippen LogP contribution in [-0.2, 0) is 4.79 Å². The van der Waals surface area contributed by atoms with E-state index in [0.717, 1.165) is 45.4 Å². The quantitative estimate of drug-likeness (QED) is 0.927. The first-order valence-electron chi connectivity index (χ1n) is 7.63. The number of benzene rings is 1. The minimum atomic E-state index is -0.672. The van der Waals surface area contributed by atoms with E-state index >= 15 is 0 Å². The Morgan fingerprint density at radius 3 is 2.52 bits per heavy atom. The molecular weight excluding hydrogens is 271 g/mol. The van der Waals surface area contributed by atoms with Crippen LogP contribution in [0.2, 0.25) is 0 Å². The lowest BCUT2D eigenvalue weighted by Gasteiger charge is -2.40. The van der Waals surface area contributed by atoms with Gasteiger partial charge in [0, 0.05) is 32.2 Å². The maximum Gasteiger partial charge on any atom is 0.308 e. The molecule has 114 valence electrons. The maximum absolute atomic E-state index is 13.8. The van der Waals surface area contributed by atoms with E-state index in [1.54, 1.807) is 12.1 Å². The molecule has 2 atom stereocenters. The molecule has 0 spiro atoms. The standard InChI is InChI=1S/C16H21FN2O2/c17-13-5-1-2-6-15(13)19-10-8-18(9-11-19)14-7-3-4-12(14)16(20)21/h1-2,5-6,12,14H,3-4,7-11H2,(H,20,21). The molecule has 2 aliphatic rings. The van der Waals surface area contributed by atoms with E-state index in [-0.39, 0.29) is 17.8 Å². The van der Waals surface area contributed by atoms with Crippen LogP contribution in [0.15, 0.2) is 24.3 Å². The number of piperazine rings is 1. The van der Waals surface area contributed by atoms with E-state index in [1.165, 1.54) is 6.07 Å². The summed E-state index contributed by atoms with van der Waals surface area (Å²) in [5.41, 5.74) is 0.651. The van der Waals surface area contributed by atoms with E-state index < -0.39 is 5.97 Å². The van der Waals surface area contributed by atoms with Crippen molar-refractivity contribution in [3.05, 3.63) is 30.1 Å². The van der Waals surface area contributed by atoms with Crippen molar-refractivity contribution in [1.29, 1.82) is 0 Å². The van der Waals surface area contributed by atoms with Gasteiger partial charge in [-0.05, 0) is 25.0 Å². The summed E-state index contributed by atoms with van der Waals surface area (Å²) in [5, 5.41) is 9.29. The number of aliphatic carboxylic acids is 1. The minimum Gasteiger partial charge on any atom is -0.481 e. The molecule has 1 aliphatic carbocycles. The number of rotatable bonds is 3. The first-order chi connectivity index (χ1) is 10.2. The van der Waals surface area contributed by atoms with Gasteiger partial charge in [-0.3, -0.25) is 9.69 Å². The van der Waals surface area contributed by atoms with Gasteiger partial charge in [0.15, 0.2) is 0 Å². The third-order valence-electron chi connectivity index (χ3n) is 4.77. The van der Waals surface area contributed by atoms with Crippen LogP contribution in [0.3, 0.4) is 0 Å². The molecular formula is C16H21FN2O2. The van der Waals surface area contributed by atoms with Gasteiger partial charge in [-0.1, -0.05) is 18.6 Å². The number of carboxylic acid groups (broad SMARTS) is 1. The molecule has 21 heavy (non-hydrogen) atoms. The molecule has 1 saturated heterocycles. The lowest BCUT2D eigenvalue weighted by Crippen LogP contribution is -2.52. The summed E-state index contributed by atoms with van der Waals surface area (Å²) in [5.74, 6) is -1.09. The zero-order valence-corrected chi connectivity index (χ0v) is 12.0. The zero-order valence-electron chi connectivity index (χ0n) is 12.0. The summed E-state index contributed by atoms with van der Waals surface area (Å²) >= 11 is 0. The number of halogens is 1. The van der Waals surface area contributed by atoms with Crippen LogP contribution in [-0.4, -0.2) is 48.2 Å². The summed E-state index contributed by atoms with van der Waals surface area (Å²) in [6.07, 6.45) is 2.75. The largest absolute Gasteiger partial charge is 0.481 e. The number of nitrogens with zero attached hydrogens (tertiary/aromatic N) is 2. The van der Waals surface area contributed by atoms with Crippen LogP contribution < -0.4 is 4.90 Å². The van der Waals surface area contributed by atoms with Crippen molar-refractivity contribution >= 4 is 11.7 Å². The van der Waals surface area contributed by atoms with Gasteiger partial charge in [0.1, 0.15) is 5.82 Å². The summed E-state index contributed by atoms with van der Waals surface area (Å²) in [6.45, 7) is 3.12. The number of carboxylic acids is 1. The third kappa shape index (κ3) is 2.88. The molecule has 1 N–H and O–H groups in total. The van der Waals surface area contributed by atoms with Gasteiger partial charge in [0.05, 0.1) is 11.6 Å². The Kier molecular flexibility index (Phi) is 4.10. The Bertz CT molecular complexity index is 515. The van der Waals surface area contributed by atoms with Crippen molar-refractivity contribution in [3.8, 4) is 0 Å². The SMILES string of the molecule is O=C(O)C1CCCC1N1CCN(c2ccccc2F)CC1. The molecule has 1 heterocycles. The number of anilines is 1. The van der Waals surface area contributed by atoms with Crippen LogP contribution in [0, 0.1) is 11.7 Å². The highest BCUT2D eigenvalue weighted by atomic mass is 19.1. The Hall–Kier alpha value is -1.62. The van der Waals surface area contributed by atoms with Gasteiger partial charge in [-0.15, -0.1) is 0 Å². The van der Waals surface area contributed by atoms with Crippen LogP contribution >= 0.6 is 0 Å². The molecule has 0 amide bonds. The fourth-order valence-electron chi connectivity index (χ4n) is 3.67. The fourth-order valence-corrected chi connectivity index (χ4v) is 3.67. The highest BCUT2D eigenvalue weighted by molar-refractivity contribution is 5.71. The number of carbonyl (C=O) groups is 1. The minimum absolute atomic E-state index is 0.158. The summed E-state index contributed by atoms with van der Waals surface area (Å²) in [7, 11) is 0. The zero-order chi connectivity index (χ0) is 14.8. The third-order valence-corrected chi connectivity index (χ3v) is 4.77. The Morgan fingerprint density at radius 1 is 1.14 bits per heavy atom. The number of para-hydroxylation sites is 1. The topological polar surface area (TPSA) is 43.8 Å². The molecule has 1 aromatic carbocycles. The summed E-state index contributed by atoms with van der Waals surface area (Å²) in [4.78, 5) is 15.6. The first-order valence-corrected chi connectivity index (χ1v) is 7.63. The van der Waals surface area contributed by atoms with Gasteiger partial charge >= 0.3 is 5.97 Å². The average molecular weight is 292 g/mol. The molecule has 2 fully saturated rings. The summed E-state index contributed by atoms with van der Waals surface area (Å²) < 4.78 is 13.8. The smallest absolute Gasteiger partial charge is 0.308 e. The van der Waals surface area contributed by atoms with Gasteiger partial charge < -0.3 is 10.0 Å². The number of hydrogen-bond acceptors (Lipinski definition) is 3. The molecule has 0 bridgehead atoms. The Labute approximate surface area is 124 Å². The lowest BCUT2D eigenvalue weighted by atomic mass is 10.0. The van der Waals surface area contributed by atoms with Gasteiger partial charge in [0.2, 0.25) is 0 Å². The molecule has 4 nitrogen and oxygen atoms in total. The summed E-state index contributed by atoms with van der Waals surface area (Å²) in [6, 6.07) is 7.00. The second-order valence-electron chi connectivity index (χ2n) is 5.92. The molecule has 3 rings (SSSR count). The van der Waals surface area contributed by atoms with Crippen LogP contribution in [0.4, 0.5) is 10.1 Å². The predicted octanol–water partition coefficient (Wildman–Crippen LogP) is 2.20. The highest BCUT2D eigenvalue weighted by Crippen LogP contribution is 2.31. The molecule has 1 saturated carbocycles. The molecule has 0 aromatic heterocycles. The van der Waals surface area contributed by atoms with Crippen LogP contribution in [0.25, 0.3) is 0 Å². The van der Waals surface area contributed by atoms with Crippen molar-refractivity contribution in [2.24, 2.45) is 5.92 Å². The Morgan fingerprint density at radius 2 is 1.86 bits per heavy atom. The molecule has 2 unspecified atom stereocenters. The molecule has 5 heteroatoms. The van der Waals surface area contributed by atoms with E-state index in [2.05, 4.69) is 9.80 Å². The van der Waals surface area contributed by atoms with Gasteiger partial charge in [-0.2, -0.15) is 0 Å². The van der Waals surface area contributed by atoms with Crippen molar-refractivity contribution in [3.63, 3.8) is 0 Å². The van der Waals surface area contributed by atoms with Gasteiger partial charge in [0.25, 0.3) is 0 Å². The van der Waals surface area contributed by atoms with Crippen LogP contribution in [0.5, 0.6) is 0 Å². The highest BCUT2D eigenvalue weighted by Gasteiger charge is 2.37. The maximum atomic E-state index is 13.8. The molecule has 1 aromatic rings. The van der Waals surface area contributed by atoms with E-state index in [4.69, 9.17) is 0 Å². The average Bonchev–Trinajstić information content (AvgIpc) is 2.98. The lowest BCUT2D eigenvalue weighted by molar-refractivity contribution is -0.143. The van der Waals surface area contributed by atoms with Crippen LogP contribution in [0.1, 0.15) is 19.3 Å². The van der Waals surface area contributed by atoms with Crippen molar-refractivity contribution in [2.45, 2.75) is 25.3 Å². The fraction of sp³-hybridized carbons (Fsp3) is 0.562. The predicted molar refractivity (Wildman–Crippen MR) is 79.0 cm³/mol. The monoisotopic (exact) mass is 292 g/mol. The molecule has 0 radical (unpaired) electrons. The second kappa shape index (κ2) is 6.02. The Balaban J connectivity index is 1.63.